The van der Waals surface area contributed by atoms with E-state index < -0.39 is 22.1 Å². The van der Waals surface area contributed by atoms with Crippen molar-refractivity contribution in [2.24, 2.45) is 0 Å². The van der Waals surface area contributed by atoms with Crippen LogP contribution in [0.4, 0.5) is 4.39 Å². The zero-order valence-electron chi connectivity index (χ0n) is 16.2. The summed E-state index contributed by atoms with van der Waals surface area (Å²) in [6.45, 7) is 1.86. The summed E-state index contributed by atoms with van der Waals surface area (Å²) in [5.41, 5.74) is 1.38. The number of carbonyl (C=O) groups is 2. The van der Waals surface area contributed by atoms with Gasteiger partial charge in [0.1, 0.15) is 11.9 Å². The number of halogens is 1. The van der Waals surface area contributed by atoms with Gasteiger partial charge in [0.05, 0.1) is 11.3 Å². The van der Waals surface area contributed by atoms with Crippen molar-refractivity contribution in [3.05, 3.63) is 65.5 Å². The minimum atomic E-state index is -1.05. The van der Waals surface area contributed by atoms with Crippen LogP contribution in [0.15, 0.2) is 53.4 Å². The van der Waals surface area contributed by atoms with Crippen molar-refractivity contribution < 1.29 is 18.2 Å². The molecule has 0 aliphatic carbocycles. The summed E-state index contributed by atoms with van der Waals surface area (Å²) in [5, 5.41) is 5.24. The molecular formula is C21H23FN2O3S2. The first-order valence-electron chi connectivity index (χ1n) is 9.24. The molecule has 0 saturated carbocycles. The molecule has 1 fully saturated rings. The van der Waals surface area contributed by atoms with Crippen molar-refractivity contribution >= 4 is 34.4 Å². The average Bonchev–Trinajstić information content (AvgIpc) is 2.71. The van der Waals surface area contributed by atoms with E-state index in [0.29, 0.717) is 17.7 Å². The van der Waals surface area contributed by atoms with Crippen LogP contribution in [0.25, 0.3) is 0 Å². The fourth-order valence-corrected chi connectivity index (χ4v) is 4.79. The highest BCUT2D eigenvalue weighted by atomic mass is 32.2. The summed E-state index contributed by atoms with van der Waals surface area (Å²) in [7, 11) is -1.05. The van der Waals surface area contributed by atoms with Gasteiger partial charge in [-0.25, -0.2) is 4.39 Å². The SMILES string of the molecule is C[C@H](NC(=O)[C@@H]1CS[C@@H](Cc2ccccc2F)C(=O)N1)c1ccc([S@@](C)=O)cc1. The molecule has 5 nitrogen and oxygen atoms in total. The zero-order chi connectivity index (χ0) is 21.0. The summed E-state index contributed by atoms with van der Waals surface area (Å²) in [6.07, 6.45) is 1.90. The highest BCUT2D eigenvalue weighted by Crippen LogP contribution is 2.24. The average molecular weight is 435 g/mol. The molecule has 2 amide bonds. The van der Waals surface area contributed by atoms with Crippen molar-refractivity contribution in [2.45, 2.75) is 35.6 Å². The maximum Gasteiger partial charge on any atom is 0.243 e. The molecule has 29 heavy (non-hydrogen) atoms. The van der Waals surface area contributed by atoms with E-state index in [1.807, 2.05) is 19.1 Å². The fraction of sp³-hybridized carbons (Fsp3) is 0.333. The molecule has 1 aliphatic rings. The van der Waals surface area contributed by atoms with Crippen molar-refractivity contribution in [3.63, 3.8) is 0 Å². The van der Waals surface area contributed by atoms with E-state index >= 15 is 0 Å². The van der Waals surface area contributed by atoms with Crippen molar-refractivity contribution in [3.8, 4) is 0 Å². The summed E-state index contributed by atoms with van der Waals surface area (Å²) < 4.78 is 25.3. The Morgan fingerprint density at radius 2 is 1.97 bits per heavy atom. The largest absolute Gasteiger partial charge is 0.348 e. The number of benzene rings is 2. The zero-order valence-corrected chi connectivity index (χ0v) is 17.8. The maximum atomic E-state index is 13.8. The second-order valence-electron chi connectivity index (χ2n) is 6.93. The predicted molar refractivity (Wildman–Crippen MR) is 114 cm³/mol. The molecule has 0 radical (unpaired) electrons. The maximum absolute atomic E-state index is 13.8. The lowest BCUT2D eigenvalue weighted by Gasteiger charge is -2.29. The van der Waals surface area contributed by atoms with Gasteiger partial charge in [-0.1, -0.05) is 30.3 Å². The Morgan fingerprint density at radius 3 is 2.59 bits per heavy atom. The smallest absolute Gasteiger partial charge is 0.243 e. The third kappa shape index (κ3) is 5.45. The van der Waals surface area contributed by atoms with Crippen molar-refractivity contribution in [1.82, 2.24) is 10.6 Å². The minimum Gasteiger partial charge on any atom is -0.348 e. The van der Waals surface area contributed by atoms with Gasteiger partial charge >= 0.3 is 0 Å². The number of nitrogens with one attached hydrogen (secondary N) is 2. The topological polar surface area (TPSA) is 75.3 Å². The molecule has 2 aromatic carbocycles. The first kappa shape index (κ1) is 21.5. The summed E-state index contributed by atoms with van der Waals surface area (Å²) in [5.74, 6) is -0.414. The summed E-state index contributed by atoms with van der Waals surface area (Å²) >= 11 is 1.37. The second-order valence-corrected chi connectivity index (χ2v) is 9.55. The van der Waals surface area contributed by atoms with Gasteiger partial charge in [0.25, 0.3) is 0 Å². The molecule has 4 atom stereocenters. The van der Waals surface area contributed by atoms with E-state index in [4.69, 9.17) is 0 Å². The second kappa shape index (κ2) is 9.54. The first-order chi connectivity index (χ1) is 13.8. The fourth-order valence-electron chi connectivity index (χ4n) is 3.10. The molecular weight excluding hydrogens is 411 g/mol. The van der Waals surface area contributed by atoms with Gasteiger partial charge in [-0.3, -0.25) is 13.8 Å². The lowest BCUT2D eigenvalue weighted by atomic mass is 10.1. The predicted octanol–water partition coefficient (Wildman–Crippen LogP) is 2.58. The molecule has 3 rings (SSSR count). The molecule has 0 unspecified atom stereocenters. The molecule has 154 valence electrons. The Kier molecular flexibility index (Phi) is 7.08. The number of hydrogen-bond acceptors (Lipinski definition) is 4. The van der Waals surface area contributed by atoms with E-state index in [-0.39, 0.29) is 23.7 Å². The van der Waals surface area contributed by atoms with Crippen LogP contribution >= 0.6 is 11.8 Å². The first-order valence-corrected chi connectivity index (χ1v) is 11.8. The van der Waals surface area contributed by atoms with Gasteiger partial charge in [-0.15, -0.1) is 11.8 Å². The van der Waals surface area contributed by atoms with Crippen LogP contribution in [-0.2, 0) is 26.8 Å². The highest BCUT2D eigenvalue weighted by Gasteiger charge is 2.33. The molecule has 2 aromatic rings. The van der Waals surface area contributed by atoms with Crippen LogP contribution in [0.1, 0.15) is 24.1 Å². The third-order valence-corrected chi connectivity index (χ3v) is 7.07. The van der Waals surface area contributed by atoms with E-state index in [1.54, 1.807) is 36.6 Å². The Balaban J connectivity index is 1.55. The quantitative estimate of drug-likeness (QED) is 0.733. The van der Waals surface area contributed by atoms with Crippen molar-refractivity contribution in [1.29, 1.82) is 0 Å². The van der Waals surface area contributed by atoms with Crippen LogP contribution in [0.2, 0.25) is 0 Å². The Morgan fingerprint density at radius 1 is 1.28 bits per heavy atom. The summed E-state index contributed by atoms with van der Waals surface area (Å²) in [6, 6.07) is 12.7. The lowest BCUT2D eigenvalue weighted by Crippen LogP contribution is -2.54. The summed E-state index contributed by atoms with van der Waals surface area (Å²) in [4.78, 5) is 25.7. The molecule has 0 aromatic heterocycles. The van der Waals surface area contributed by atoms with Gasteiger partial charge in [0.15, 0.2) is 0 Å². The van der Waals surface area contributed by atoms with Crippen LogP contribution in [0.5, 0.6) is 0 Å². The number of thioether (sulfide) groups is 1. The molecule has 1 aliphatic heterocycles. The molecule has 1 heterocycles. The molecule has 8 heteroatoms. The highest BCUT2D eigenvalue weighted by molar-refractivity contribution is 8.00. The van der Waals surface area contributed by atoms with Gasteiger partial charge in [-0.05, 0) is 42.7 Å². The Bertz CT molecular complexity index is 920. The van der Waals surface area contributed by atoms with Crippen LogP contribution in [-0.4, -0.2) is 39.3 Å². The van der Waals surface area contributed by atoms with Crippen LogP contribution < -0.4 is 10.6 Å². The number of carbonyl (C=O) groups excluding carboxylic acids is 2. The van der Waals surface area contributed by atoms with Gasteiger partial charge < -0.3 is 10.6 Å². The normalized spacial score (nSPS) is 21.1. The van der Waals surface area contributed by atoms with Crippen LogP contribution in [0, 0.1) is 5.82 Å². The molecule has 0 spiro atoms. The van der Waals surface area contributed by atoms with E-state index in [2.05, 4.69) is 10.6 Å². The van der Waals surface area contributed by atoms with Crippen LogP contribution in [0.3, 0.4) is 0 Å². The monoisotopic (exact) mass is 434 g/mol. The molecule has 1 saturated heterocycles. The number of hydrogen-bond donors (Lipinski definition) is 2. The van der Waals surface area contributed by atoms with Crippen molar-refractivity contribution in [2.75, 3.05) is 12.0 Å². The van der Waals surface area contributed by atoms with Gasteiger partial charge in [0, 0.05) is 27.7 Å². The minimum absolute atomic E-state index is 0.250. The number of rotatable bonds is 6. The van der Waals surface area contributed by atoms with Gasteiger partial charge in [-0.2, -0.15) is 0 Å². The molecule has 0 bridgehead atoms. The lowest BCUT2D eigenvalue weighted by molar-refractivity contribution is -0.129. The molecule has 2 N–H and O–H groups in total. The van der Waals surface area contributed by atoms with E-state index in [1.165, 1.54) is 17.8 Å². The Hall–Kier alpha value is -2.19. The number of amides is 2. The standard InChI is InChI=1S/C21H23FN2O3S2/c1-13(14-7-9-16(10-8-14)29(2)27)23-20(25)18-12-28-19(21(26)24-18)11-15-5-3-4-6-17(15)22/h3-10,13,18-19H,11-12H2,1-2H3,(H,23,25)(H,24,26)/t13-,18-,19-,29+/m0/s1. The Labute approximate surface area is 176 Å². The third-order valence-electron chi connectivity index (χ3n) is 4.82. The van der Waals surface area contributed by atoms with E-state index in [9.17, 15) is 18.2 Å². The van der Waals surface area contributed by atoms with E-state index in [0.717, 1.165) is 10.5 Å². The van der Waals surface area contributed by atoms with Gasteiger partial charge in [0.2, 0.25) is 11.8 Å².